The highest BCUT2D eigenvalue weighted by Gasteiger charge is 2.31. The standard InChI is InChI=1S/C20H20N2O6S/c1-13(23)21(14(2)24)17-9-5-7-11-19(17)29(27,28)20-12-8-6-10-18(20)22(15(3)25)16(4)26/h5-12H,1-4H3. The molecule has 0 saturated carbocycles. The highest BCUT2D eigenvalue weighted by atomic mass is 32.2. The Morgan fingerprint density at radius 1 is 0.586 bits per heavy atom. The van der Waals surface area contributed by atoms with Gasteiger partial charge in [-0.1, -0.05) is 24.3 Å². The lowest BCUT2D eigenvalue weighted by atomic mass is 10.2. The van der Waals surface area contributed by atoms with E-state index in [4.69, 9.17) is 0 Å². The molecule has 0 bridgehead atoms. The Bertz CT molecular complexity index is 998. The lowest BCUT2D eigenvalue weighted by Crippen LogP contribution is -2.35. The van der Waals surface area contributed by atoms with Crippen molar-refractivity contribution < 1.29 is 27.6 Å². The summed E-state index contributed by atoms with van der Waals surface area (Å²) in [4.78, 5) is 48.8. The number of anilines is 2. The van der Waals surface area contributed by atoms with Crippen molar-refractivity contribution in [1.29, 1.82) is 0 Å². The van der Waals surface area contributed by atoms with Gasteiger partial charge in [-0.15, -0.1) is 0 Å². The number of benzene rings is 2. The summed E-state index contributed by atoms with van der Waals surface area (Å²) in [5, 5.41) is 0. The highest BCUT2D eigenvalue weighted by molar-refractivity contribution is 7.91. The molecule has 0 fully saturated rings. The SMILES string of the molecule is CC(=O)N(C(C)=O)c1ccccc1S(=O)(=O)c1ccccc1N(C(C)=O)C(C)=O. The third kappa shape index (κ3) is 4.24. The quantitative estimate of drug-likeness (QED) is 0.757. The van der Waals surface area contributed by atoms with Gasteiger partial charge in [0.25, 0.3) is 0 Å². The van der Waals surface area contributed by atoms with Crippen molar-refractivity contribution in [3.63, 3.8) is 0 Å². The van der Waals surface area contributed by atoms with E-state index in [0.717, 1.165) is 37.5 Å². The van der Waals surface area contributed by atoms with Crippen molar-refractivity contribution in [2.24, 2.45) is 0 Å². The van der Waals surface area contributed by atoms with Crippen molar-refractivity contribution in [3.05, 3.63) is 48.5 Å². The predicted molar refractivity (Wildman–Crippen MR) is 106 cm³/mol. The smallest absolute Gasteiger partial charge is 0.230 e. The molecule has 2 aromatic rings. The van der Waals surface area contributed by atoms with Crippen LogP contribution in [0.1, 0.15) is 27.7 Å². The summed E-state index contributed by atoms with van der Waals surface area (Å²) in [7, 11) is -4.32. The lowest BCUT2D eigenvalue weighted by molar-refractivity contribution is -0.125. The van der Waals surface area contributed by atoms with Crippen LogP contribution in [-0.2, 0) is 29.0 Å². The maximum atomic E-state index is 13.5. The number of rotatable bonds is 4. The van der Waals surface area contributed by atoms with Crippen LogP contribution in [0.15, 0.2) is 58.3 Å². The Hall–Kier alpha value is -3.33. The normalized spacial score (nSPS) is 10.9. The zero-order valence-corrected chi connectivity index (χ0v) is 17.2. The topological polar surface area (TPSA) is 109 Å². The van der Waals surface area contributed by atoms with Crippen LogP contribution in [0, 0.1) is 0 Å². The first-order valence-electron chi connectivity index (χ1n) is 8.55. The van der Waals surface area contributed by atoms with Gasteiger partial charge in [-0.05, 0) is 24.3 Å². The molecule has 0 aliphatic rings. The molecule has 152 valence electrons. The molecular weight excluding hydrogens is 396 g/mol. The van der Waals surface area contributed by atoms with Gasteiger partial charge < -0.3 is 0 Å². The van der Waals surface area contributed by atoms with Gasteiger partial charge in [0, 0.05) is 27.7 Å². The molecule has 8 nitrogen and oxygen atoms in total. The van der Waals surface area contributed by atoms with E-state index < -0.39 is 33.5 Å². The van der Waals surface area contributed by atoms with E-state index in [0.29, 0.717) is 0 Å². The molecule has 0 spiro atoms. The average molecular weight is 416 g/mol. The van der Waals surface area contributed by atoms with Gasteiger partial charge >= 0.3 is 0 Å². The molecule has 2 aromatic carbocycles. The molecule has 0 aliphatic heterocycles. The van der Waals surface area contributed by atoms with Crippen molar-refractivity contribution in [2.45, 2.75) is 37.5 Å². The van der Waals surface area contributed by atoms with E-state index in [9.17, 15) is 27.6 Å². The van der Waals surface area contributed by atoms with Crippen molar-refractivity contribution >= 4 is 44.8 Å². The van der Waals surface area contributed by atoms with E-state index in [1.165, 1.54) is 48.5 Å². The summed E-state index contributed by atoms with van der Waals surface area (Å²) in [6.07, 6.45) is 0. The summed E-state index contributed by atoms with van der Waals surface area (Å²) in [6, 6.07) is 11.1. The zero-order valence-electron chi connectivity index (χ0n) is 16.4. The molecule has 0 atom stereocenters. The minimum Gasteiger partial charge on any atom is -0.274 e. The van der Waals surface area contributed by atoms with Crippen molar-refractivity contribution in [3.8, 4) is 0 Å². The van der Waals surface area contributed by atoms with Gasteiger partial charge in [-0.3, -0.25) is 19.2 Å². The van der Waals surface area contributed by atoms with Crippen LogP contribution < -0.4 is 9.80 Å². The van der Waals surface area contributed by atoms with Gasteiger partial charge in [0.15, 0.2) is 0 Å². The summed E-state index contributed by atoms with van der Waals surface area (Å²) >= 11 is 0. The van der Waals surface area contributed by atoms with Crippen LogP contribution in [-0.4, -0.2) is 32.0 Å². The average Bonchev–Trinajstić information content (AvgIpc) is 2.61. The van der Waals surface area contributed by atoms with E-state index in [2.05, 4.69) is 0 Å². The first kappa shape index (κ1) is 22.0. The van der Waals surface area contributed by atoms with Gasteiger partial charge in [0.05, 0.1) is 21.2 Å². The van der Waals surface area contributed by atoms with Crippen LogP contribution in [0.5, 0.6) is 0 Å². The van der Waals surface area contributed by atoms with Gasteiger partial charge in [0.2, 0.25) is 33.5 Å². The Labute approximate surface area is 168 Å². The molecule has 0 aromatic heterocycles. The van der Waals surface area contributed by atoms with Gasteiger partial charge in [0.1, 0.15) is 0 Å². The second-order valence-corrected chi connectivity index (χ2v) is 8.07. The number of hydrogen-bond acceptors (Lipinski definition) is 6. The Balaban J connectivity index is 2.81. The van der Waals surface area contributed by atoms with E-state index >= 15 is 0 Å². The minimum atomic E-state index is -4.32. The van der Waals surface area contributed by atoms with Crippen LogP contribution in [0.3, 0.4) is 0 Å². The van der Waals surface area contributed by atoms with Gasteiger partial charge in [-0.25, -0.2) is 18.2 Å². The molecule has 0 radical (unpaired) electrons. The second kappa shape index (κ2) is 8.36. The lowest BCUT2D eigenvalue weighted by Gasteiger charge is -2.23. The largest absolute Gasteiger partial charge is 0.274 e. The summed E-state index contributed by atoms with van der Waals surface area (Å²) in [6.45, 7) is 4.58. The Morgan fingerprint density at radius 2 is 0.862 bits per heavy atom. The highest BCUT2D eigenvalue weighted by Crippen LogP contribution is 2.35. The number of carbonyl (C=O) groups is 4. The molecule has 0 heterocycles. The fraction of sp³-hybridized carbons (Fsp3) is 0.200. The number of nitrogens with zero attached hydrogens (tertiary/aromatic N) is 2. The molecule has 4 amide bonds. The number of para-hydroxylation sites is 2. The fourth-order valence-electron chi connectivity index (χ4n) is 2.98. The third-order valence-electron chi connectivity index (χ3n) is 4.05. The third-order valence-corrected chi connectivity index (χ3v) is 5.90. The van der Waals surface area contributed by atoms with Crippen LogP contribution >= 0.6 is 0 Å². The first-order chi connectivity index (χ1) is 13.5. The number of amides is 4. The molecule has 0 N–H and O–H groups in total. The summed E-state index contributed by atoms with van der Waals surface area (Å²) in [5.74, 6) is -2.60. The van der Waals surface area contributed by atoms with E-state index in [-0.39, 0.29) is 21.2 Å². The molecule has 0 unspecified atom stereocenters. The first-order valence-corrected chi connectivity index (χ1v) is 10.0. The maximum absolute atomic E-state index is 13.5. The number of hydrogen-bond donors (Lipinski definition) is 0. The molecule has 0 saturated heterocycles. The summed E-state index contributed by atoms with van der Waals surface area (Å²) < 4.78 is 27.0. The van der Waals surface area contributed by atoms with Crippen LogP contribution in [0.2, 0.25) is 0 Å². The fourth-order valence-corrected chi connectivity index (χ4v) is 4.60. The monoisotopic (exact) mass is 416 g/mol. The zero-order chi connectivity index (χ0) is 21.9. The van der Waals surface area contributed by atoms with E-state index in [1.54, 1.807) is 0 Å². The molecule has 2 rings (SSSR count). The van der Waals surface area contributed by atoms with Crippen molar-refractivity contribution in [1.82, 2.24) is 0 Å². The number of imide groups is 2. The molecule has 29 heavy (non-hydrogen) atoms. The van der Waals surface area contributed by atoms with Crippen LogP contribution in [0.4, 0.5) is 11.4 Å². The Kier molecular flexibility index (Phi) is 6.33. The van der Waals surface area contributed by atoms with E-state index in [1.807, 2.05) is 0 Å². The molecule has 9 heteroatoms. The maximum Gasteiger partial charge on any atom is 0.230 e. The van der Waals surface area contributed by atoms with Crippen LogP contribution in [0.25, 0.3) is 0 Å². The summed E-state index contributed by atoms with van der Waals surface area (Å²) in [5.41, 5.74) is -0.223. The number of sulfone groups is 1. The van der Waals surface area contributed by atoms with Gasteiger partial charge in [-0.2, -0.15) is 0 Å². The molecule has 0 aliphatic carbocycles. The van der Waals surface area contributed by atoms with Crippen molar-refractivity contribution in [2.75, 3.05) is 9.80 Å². The Morgan fingerprint density at radius 3 is 1.14 bits per heavy atom. The number of carbonyl (C=O) groups excluding carboxylic acids is 4. The minimum absolute atomic E-state index is 0.112. The molecular formula is C20H20N2O6S. The predicted octanol–water partition coefficient (Wildman–Crippen LogP) is 2.32. The second-order valence-electron chi connectivity index (χ2n) is 6.19.